The first-order chi connectivity index (χ1) is 8.11. The Morgan fingerprint density at radius 3 is 2.65 bits per heavy atom. The summed E-state index contributed by atoms with van der Waals surface area (Å²) in [5.74, 6) is 1.23. The lowest BCUT2D eigenvalue weighted by molar-refractivity contribution is 0.100. The number of carbonyl (C=O) groups is 1. The van der Waals surface area contributed by atoms with E-state index < -0.39 is 0 Å². The van der Waals surface area contributed by atoms with Crippen LogP contribution in [0.4, 0.5) is 5.69 Å². The monoisotopic (exact) mass is 231 g/mol. The lowest BCUT2D eigenvalue weighted by Gasteiger charge is -2.06. The third-order valence-corrected chi connectivity index (χ3v) is 2.43. The number of furan rings is 1. The molecule has 88 valence electrons. The molecule has 0 spiro atoms. The molecule has 0 atom stereocenters. The fourth-order valence-corrected chi connectivity index (χ4v) is 1.58. The molecule has 1 heterocycles. The Morgan fingerprint density at radius 2 is 2.06 bits per heavy atom. The van der Waals surface area contributed by atoms with Crippen molar-refractivity contribution < 1.29 is 13.9 Å². The highest BCUT2D eigenvalue weighted by Gasteiger charge is 2.17. The molecular formula is C13H13NO3. The molecule has 0 amide bonds. The Kier molecular flexibility index (Phi) is 2.87. The number of nitrogen functional groups attached to an aromatic ring is 1. The maximum Gasteiger partial charge on any atom is 0.231 e. The normalized spacial score (nSPS) is 10.2. The van der Waals surface area contributed by atoms with Gasteiger partial charge in [0.05, 0.1) is 12.7 Å². The molecule has 0 saturated heterocycles. The summed E-state index contributed by atoms with van der Waals surface area (Å²) in [5.41, 5.74) is 6.62. The predicted molar refractivity (Wildman–Crippen MR) is 64.3 cm³/mol. The average Bonchev–Trinajstić information content (AvgIpc) is 2.75. The molecule has 0 radical (unpaired) electrons. The zero-order valence-corrected chi connectivity index (χ0v) is 9.69. The summed E-state index contributed by atoms with van der Waals surface area (Å²) in [7, 11) is 1.50. The van der Waals surface area contributed by atoms with Crippen LogP contribution in [-0.4, -0.2) is 12.9 Å². The second-order valence-electron chi connectivity index (χ2n) is 3.70. The van der Waals surface area contributed by atoms with Crippen LogP contribution in [0.2, 0.25) is 0 Å². The molecule has 4 heteroatoms. The number of rotatable bonds is 3. The standard InChI is InChI=1S/C13H13NO3/c1-8-3-6-11(17-8)13(15)10-5-4-9(14)7-12(10)16-2/h3-7H,14H2,1-2H3. The van der Waals surface area contributed by atoms with Crippen LogP contribution in [0.1, 0.15) is 21.9 Å². The van der Waals surface area contributed by atoms with Crippen LogP contribution < -0.4 is 10.5 Å². The third kappa shape index (κ3) is 2.15. The van der Waals surface area contributed by atoms with Gasteiger partial charge in [-0.2, -0.15) is 0 Å². The fourth-order valence-electron chi connectivity index (χ4n) is 1.58. The van der Waals surface area contributed by atoms with Gasteiger partial charge in [-0.1, -0.05) is 0 Å². The maximum absolute atomic E-state index is 12.1. The molecule has 1 aromatic heterocycles. The van der Waals surface area contributed by atoms with Crippen molar-refractivity contribution in [1.82, 2.24) is 0 Å². The van der Waals surface area contributed by atoms with Crippen LogP contribution in [0, 0.1) is 6.92 Å². The van der Waals surface area contributed by atoms with Gasteiger partial charge in [0.1, 0.15) is 11.5 Å². The van der Waals surface area contributed by atoms with Crippen molar-refractivity contribution in [2.75, 3.05) is 12.8 Å². The number of carbonyl (C=O) groups excluding carboxylic acids is 1. The number of aryl methyl sites for hydroxylation is 1. The van der Waals surface area contributed by atoms with Crippen molar-refractivity contribution in [3.05, 3.63) is 47.4 Å². The Morgan fingerprint density at radius 1 is 1.29 bits per heavy atom. The molecule has 0 aliphatic heterocycles. The van der Waals surface area contributed by atoms with Gasteiger partial charge in [0.2, 0.25) is 5.78 Å². The highest BCUT2D eigenvalue weighted by atomic mass is 16.5. The molecule has 0 saturated carbocycles. The van der Waals surface area contributed by atoms with Gasteiger partial charge in [-0.3, -0.25) is 4.79 Å². The summed E-state index contributed by atoms with van der Waals surface area (Å²) in [5, 5.41) is 0. The van der Waals surface area contributed by atoms with Crippen LogP contribution >= 0.6 is 0 Å². The number of anilines is 1. The van der Waals surface area contributed by atoms with E-state index in [1.165, 1.54) is 7.11 Å². The van der Waals surface area contributed by atoms with Gasteiger partial charge in [0, 0.05) is 11.8 Å². The van der Waals surface area contributed by atoms with E-state index in [4.69, 9.17) is 14.9 Å². The van der Waals surface area contributed by atoms with E-state index in [1.54, 1.807) is 37.3 Å². The van der Waals surface area contributed by atoms with Crippen molar-refractivity contribution in [1.29, 1.82) is 0 Å². The van der Waals surface area contributed by atoms with Gasteiger partial charge in [-0.15, -0.1) is 0 Å². The summed E-state index contributed by atoms with van der Waals surface area (Å²) >= 11 is 0. The number of hydrogen-bond acceptors (Lipinski definition) is 4. The van der Waals surface area contributed by atoms with Gasteiger partial charge >= 0.3 is 0 Å². The lowest BCUT2D eigenvalue weighted by atomic mass is 10.1. The van der Waals surface area contributed by atoms with Crippen molar-refractivity contribution >= 4 is 11.5 Å². The van der Waals surface area contributed by atoms with Crippen LogP contribution in [-0.2, 0) is 0 Å². The molecule has 0 unspecified atom stereocenters. The van der Waals surface area contributed by atoms with Crippen LogP contribution in [0.25, 0.3) is 0 Å². The van der Waals surface area contributed by atoms with Crippen LogP contribution in [0.3, 0.4) is 0 Å². The average molecular weight is 231 g/mol. The van der Waals surface area contributed by atoms with E-state index in [0.717, 1.165) is 0 Å². The number of benzene rings is 1. The SMILES string of the molecule is COc1cc(N)ccc1C(=O)c1ccc(C)o1. The smallest absolute Gasteiger partial charge is 0.231 e. The highest BCUT2D eigenvalue weighted by molar-refractivity contribution is 6.09. The zero-order valence-electron chi connectivity index (χ0n) is 9.69. The Balaban J connectivity index is 2.43. The highest BCUT2D eigenvalue weighted by Crippen LogP contribution is 2.24. The molecular weight excluding hydrogens is 218 g/mol. The minimum absolute atomic E-state index is 0.213. The second-order valence-corrected chi connectivity index (χ2v) is 3.70. The van der Waals surface area contributed by atoms with E-state index in [-0.39, 0.29) is 5.78 Å². The Bertz CT molecular complexity index is 558. The van der Waals surface area contributed by atoms with Crippen molar-refractivity contribution in [3.8, 4) is 5.75 Å². The summed E-state index contributed by atoms with van der Waals surface area (Å²) in [6.07, 6.45) is 0. The van der Waals surface area contributed by atoms with Gasteiger partial charge in [-0.05, 0) is 31.2 Å². The molecule has 0 aliphatic rings. The summed E-state index contributed by atoms with van der Waals surface area (Å²) < 4.78 is 10.4. The fraction of sp³-hybridized carbons (Fsp3) is 0.154. The predicted octanol–water partition coefficient (Wildman–Crippen LogP) is 2.41. The molecule has 1 aromatic carbocycles. The molecule has 4 nitrogen and oxygen atoms in total. The number of ketones is 1. The van der Waals surface area contributed by atoms with E-state index in [9.17, 15) is 4.79 Å². The summed E-state index contributed by atoms with van der Waals surface area (Å²) in [6.45, 7) is 1.79. The Hall–Kier alpha value is -2.23. The van der Waals surface area contributed by atoms with Crippen LogP contribution in [0.15, 0.2) is 34.7 Å². The molecule has 2 N–H and O–H groups in total. The number of ether oxygens (including phenoxy) is 1. The third-order valence-electron chi connectivity index (χ3n) is 2.43. The lowest BCUT2D eigenvalue weighted by Crippen LogP contribution is -2.03. The summed E-state index contributed by atoms with van der Waals surface area (Å²) in [4.78, 5) is 12.1. The van der Waals surface area contributed by atoms with Crippen molar-refractivity contribution in [2.45, 2.75) is 6.92 Å². The van der Waals surface area contributed by atoms with Gasteiger partial charge in [-0.25, -0.2) is 0 Å². The van der Waals surface area contributed by atoms with Crippen molar-refractivity contribution in [2.24, 2.45) is 0 Å². The molecule has 0 fully saturated rings. The Labute approximate surface area is 99.0 Å². The van der Waals surface area contributed by atoms with E-state index in [2.05, 4.69) is 0 Å². The summed E-state index contributed by atoms with van der Waals surface area (Å²) in [6, 6.07) is 8.30. The van der Waals surface area contributed by atoms with E-state index in [0.29, 0.717) is 28.5 Å². The molecule has 2 aromatic rings. The first-order valence-corrected chi connectivity index (χ1v) is 5.16. The second kappa shape index (κ2) is 4.33. The van der Waals surface area contributed by atoms with Gasteiger partial charge in [0.25, 0.3) is 0 Å². The number of nitrogens with two attached hydrogens (primary N) is 1. The van der Waals surface area contributed by atoms with Gasteiger partial charge in [0.15, 0.2) is 5.76 Å². The topological polar surface area (TPSA) is 65.5 Å². The van der Waals surface area contributed by atoms with E-state index in [1.807, 2.05) is 0 Å². The van der Waals surface area contributed by atoms with Crippen LogP contribution in [0.5, 0.6) is 5.75 Å². The first-order valence-electron chi connectivity index (χ1n) is 5.16. The molecule has 0 bridgehead atoms. The minimum Gasteiger partial charge on any atom is -0.496 e. The number of methoxy groups -OCH3 is 1. The molecule has 2 rings (SSSR count). The molecule has 0 aliphatic carbocycles. The zero-order chi connectivity index (χ0) is 12.4. The first kappa shape index (κ1) is 11.3. The quantitative estimate of drug-likeness (QED) is 0.650. The van der Waals surface area contributed by atoms with Crippen molar-refractivity contribution in [3.63, 3.8) is 0 Å². The minimum atomic E-state index is -0.213. The largest absolute Gasteiger partial charge is 0.496 e. The molecule has 17 heavy (non-hydrogen) atoms. The number of hydrogen-bond donors (Lipinski definition) is 1. The van der Waals surface area contributed by atoms with Gasteiger partial charge < -0.3 is 14.9 Å². The van der Waals surface area contributed by atoms with E-state index >= 15 is 0 Å². The maximum atomic E-state index is 12.1.